The van der Waals surface area contributed by atoms with E-state index in [-0.39, 0.29) is 0 Å². The first-order valence-corrected chi connectivity index (χ1v) is 7.73. The standard InChI is InChI=1S/C17H15Cl2NO4/c1-10(17(21)22)24-16-11(4-3-5-15(16)23-2)9-20-12-6-7-13(18)14(19)8-12/h3-10H,1-2H3,(H,21,22)/t10-/m1/s1. The van der Waals surface area contributed by atoms with E-state index in [1.54, 1.807) is 42.6 Å². The Bertz CT molecular complexity index is 777. The Balaban J connectivity index is 2.36. The van der Waals surface area contributed by atoms with Gasteiger partial charge in [-0.15, -0.1) is 0 Å². The van der Waals surface area contributed by atoms with Crippen molar-refractivity contribution in [1.82, 2.24) is 0 Å². The molecule has 24 heavy (non-hydrogen) atoms. The molecule has 0 heterocycles. The van der Waals surface area contributed by atoms with Crippen molar-refractivity contribution < 1.29 is 19.4 Å². The molecule has 0 aromatic heterocycles. The van der Waals surface area contributed by atoms with E-state index in [2.05, 4.69) is 4.99 Å². The van der Waals surface area contributed by atoms with E-state index in [4.69, 9.17) is 37.8 Å². The van der Waals surface area contributed by atoms with Crippen molar-refractivity contribution in [1.29, 1.82) is 0 Å². The Morgan fingerprint density at radius 3 is 2.62 bits per heavy atom. The number of carboxylic acid groups (broad SMARTS) is 1. The minimum absolute atomic E-state index is 0.304. The van der Waals surface area contributed by atoms with Crippen LogP contribution in [0, 0.1) is 0 Å². The van der Waals surface area contributed by atoms with Crippen LogP contribution in [-0.2, 0) is 4.79 Å². The maximum Gasteiger partial charge on any atom is 0.344 e. The molecule has 0 aliphatic rings. The molecule has 0 aliphatic carbocycles. The Labute approximate surface area is 149 Å². The van der Waals surface area contributed by atoms with Gasteiger partial charge in [-0.25, -0.2) is 4.79 Å². The third kappa shape index (κ3) is 4.40. The third-order valence-electron chi connectivity index (χ3n) is 3.13. The van der Waals surface area contributed by atoms with Gasteiger partial charge in [0, 0.05) is 11.8 Å². The van der Waals surface area contributed by atoms with Gasteiger partial charge in [-0.1, -0.05) is 29.3 Å². The highest BCUT2D eigenvalue weighted by Crippen LogP contribution is 2.32. The summed E-state index contributed by atoms with van der Waals surface area (Å²) in [5, 5.41) is 9.87. The first-order valence-electron chi connectivity index (χ1n) is 6.98. The number of para-hydroxylation sites is 1. The van der Waals surface area contributed by atoms with Crippen LogP contribution in [0.5, 0.6) is 11.5 Å². The van der Waals surface area contributed by atoms with Gasteiger partial charge >= 0.3 is 5.97 Å². The maximum atomic E-state index is 11.0. The van der Waals surface area contributed by atoms with Gasteiger partial charge in [0.05, 0.1) is 22.8 Å². The van der Waals surface area contributed by atoms with Crippen LogP contribution < -0.4 is 9.47 Å². The summed E-state index contributed by atoms with van der Waals surface area (Å²) in [5.74, 6) is -0.354. The summed E-state index contributed by atoms with van der Waals surface area (Å²) in [7, 11) is 1.48. The maximum absolute atomic E-state index is 11.0. The van der Waals surface area contributed by atoms with Crippen molar-refractivity contribution >= 4 is 41.1 Å². The number of carboxylic acids is 1. The lowest BCUT2D eigenvalue weighted by Gasteiger charge is -2.15. The molecule has 1 N–H and O–H groups in total. The van der Waals surface area contributed by atoms with Gasteiger partial charge in [0.2, 0.25) is 0 Å². The predicted molar refractivity (Wildman–Crippen MR) is 94.4 cm³/mol. The minimum Gasteiger partial charge on any atom is -0.493 e. The van der Waals surface area contributed by atoms with Gasteiger partial charge in [0.1, 0.15) is 0 Å². The first-order chi connectivity index (χ1) is 11.4. The lowest BCUT2D eigenvalue weighted by atomic mass is 10.2. The SMILES string of the molecule is COc1cccc(C=Nc2ccc(Cl)c(Cl)c2)c1O[C@H](C)C(=O)O. The molecule has 0 saturated heterocycles. The molecule has 0 amide bonds. The normalized spacial score (nSPS) is 12.2. The smallest absolute Gasteiger partial charge is 0.344 e. The largest absolute Gasteiger partial charge is 0.493 e. The lowest BCUT2D eigenvalue weighted by molar-refractivity contribution is -0.144. The highest BCUT2D eigenvalue weighted by Gasteiger charge is 2.17. The van der Waals surface area contributed by atoms with E-state index in [0.29, 0.717) is 32.8 Å². The molecular weight excluding hydrogens is 353 g/mol. The van der Waals surface area contributed by atoms with Gasteiger partial charge in [-0.3, -0.25) is 4.99 Å². The van der Waals surface area contributed by atoms with Crippen molar-refractivity contribution in [3.8, 4) is 11.5 Å². The van der Waals surface area contributed by atoms with Crippen LogP contribution in [0.2, 0.25) is 10.0 Å². The number of aliphatic carboxylic acids is 1. The number of hydrogen-bond donors (Lipinski definition) is 1. The van der Waals surface area contributed by atoms with Crippen molar-refractivity contribution in [3.63, 3.8) is 0 Å². The molecule has 2 aromatic carbocycles. The van der Waals surface area contributed by atoms with Crippen LogP contribution in [0.3, 0.4) is 0 Å². The van der Waals surface area contributed by atoms with Gasteiger partial charge in [0.15, 0.2) is 17.6 Å². The van der Waals surface area contributed by atoms with Crippen LogP contribution in [0.1, 0.15) is 12.5 Å². The number of hydrogen-bond acceptors (Lipinski definition) is 4. The summed E-state index contributed by atoms with van der Waals surface area (Å²) in [4.78, 5) is 15.4. The van der Waals surface area contributed by atoms with Crippen molar-refractivity contribution in [2.45, 2.75) is 13.0 Å². The van der Waals surface area contributed by atoms with E-state index < -0.39 is 12.1 Å². The molecular formula is C17H15Cl2NO4. The second kappa shape index (κ2) is 8.04. The number of ether oxygens (including phenoxy) is 2. The molecule has 1 atom stereocenters. The van der Waals surface area contributed by atoms with E-state index in [1.807, 2.05) is 0 Å². The topological polar surface area (TPSA) is 68.1 Å². The summed E-state index contributed by atoms with van der Waals surface area (Å²) in [5.41, 5.74) is 1.18. The number of carbonyl (C=O) groups is 1. The summed E-state index contributed by atoms with van der Waals surface area (Å²) in [6.07, 6.45) is 0.518. The molecule has 126 valence electrons. The van der Waals surface area contributed by atoms with Gasteiger partial charge in [-0.2, -0.15) is 0 Å². The molecule has 0 radical (unpaired) electrons. The zero-order valence-electron chi connectivity index (χ0n) is 13.0. The Hall–Kier alpha value is -2.24. The zero-order chi connectivity index (χ0) is 17.7. The quantitative estimate of drug-likeness (QED) is 0.757. The first kappa shape index (κ1) is 18.1. The zero-order valence-corrected chi connectivity index (χ0v) is 14.5. The fraction of sp³-hybridized carbons (Fsp3) is 0.176. The molecule has 7 heteroatoms. The van der Waals surface area contributed by atoms with E-state index in [0.717, 1.165) is 0 Å². The van der Waals surface area contributed by atoms with E-state index in [9.17, 15) is 4.79 Å². The molecule has 0 spiro atoms. The molecule has 0 saturated carbocycles. The molecule has 2 rings (SSSR count). The average molecular weight is 368 g/mol. The van der Waals surface area contributed by atoms with Crippen molar-refractivity contribution in [2.75, 3.05) is 7.11 Å². The number of nitrogens with zero attached hydrogens (tertiary/aromatic N) is 1. The summed E-state index contributed by atoms with van der Waals surface area (Å²) in [6.45, 7) is 1.44. The minimum atomic E-state index is -1.08. The second-order valence-electron chi connectivity index (χ2n) is 4.83. The summed E-state index contributed by atoms with van der Waals surface area (Å²) < 4.78 is 10.7. The van der Waals surface area contributed by atoms with Crippen molar-refractivity contribution in [3.05, 3.63) is 52.0 Å². The molecule has 0 bridgehead atoms. The fourth-order valence-corrected chi connectivity index (χ4v) is 2.15. The third-order valence-corrected chi connectivity index (χ3v) is 3.87. The van der Waals surface area contributed by atoms with E-state index in [1.165, 1.54) is 14.0 Å². The molecule has 5 nitrogen and oxygen atoms in total. The van der Waals surface area contributed by atoms with Crippen LogP contribution in [0.4, 0.5) is 5.69 Å². The second-order valence-corrected chi connectivity index (χ2v) is 5.65. The number of halogens is 2. The van der Waals surface area contributed by atoms with Gasteiger partial charge in [-0.05, 0) is 37.3 Å². The van der Waals surface area contributed by atoms with E-state index >= 15 is 0 Å². The Morgan fingerprint density at radius 2 is 2.00 bits per heavy atom. The van der Waals surface area contributed by atoms with Gasteiger partial charge < -0.3 is 14.6 Å². The number of methoxy groups -OCH3 is 1. The van der Waals surface area contributed by atoms with Crippen LogP contribution >= 0.6 is 23.2 Å². The number of aliphatic imine (C=N–C) groups is 1. The van der Waals surface area contributed by atoms with Crippen LogP contribution in [-0.4, -0.2) is 30.5 Å². The summed E-state index contributed by atoms with van der Waals surface area (Å²) in [6, 6.07) is 10.2. The number of rotatable bonds is 6. The molecule has 0 aliphatic heterocycles. The average Bonchev–Trinajstić information content (AvgIpc) is 2.56. The van der Waals surface area contributed by atoms with Crippen LogP contribution in [0.15, 0.2) is 41.4 Å². The molecule has 0 unspecified atom stereocenters. The van der Waals surface area contributed by atoms with Gasteiger partial charge in [0.25, 0.3) is 0 Å². The summed E-state index contributed by atoms with van der Waals surface area (Å²) >= 11 is 11.8. The lowest BCUT2D eigenvalue weighted by Crippen LogP contribution is -2.23. The molecule has 2 aromatic rings. The highest BCUT2D eigenvalue weighted by molar-refractivity contribution is 6.42. The fourth-order valence-electron chi connectivity index (χ4n) is 1.86. The predicted octanol–water partition coefficient (Wildman–Crippen LogP) is 4.60. The monoisotopic (exact) mass is 367 g/mol. The van der Waals surface area contributed by atoms with Crippen molar-refractivity contribution in [2.24, 2.45) is 4.99 Å². The highest BCUT2D eigenvalue weighted by atomic mass is 35.5. The Morgan fingerprint density at radius 1 is 1.25 bits per heavy atom. The molecule has 0 fully saturated rings. The Kier molecular flexibility index (Phi) is 6.06. The number of benzene rings is 2. The van der Waals surface area contributed by atoms with Crippen LogP contribution in [0.25, 0.3) is 0 Å².